The van der Waals surface area contributed by atoms with Crippen molar-refractivity contribution in [3.05, 3.63) is 30.1 Å². The van der Waals surface area contributed by atoms with E-state index in [1.54, 1.807) is 6.20 Å². The van der Waals surface area contributed by atoms with E-state index in [0.717, 1.165) is 12.1 Å². The van der Waals surface area contributed by atoms with Gasteiger partial charge in [0.1, 0.15) is 0 Å². The van der Waals surface area contributed by atoms with E-state index in [-0.39, 0.29) is 12.0 Å². The molecule has 1 aromatic rings. The highest BCUT2D eigenvalue weighted by molar-refractivity contribution is 5.13. The van der Waals surface area contributed by atoms with Gasteiger partial charge in [-0.05, 0) is 18.6 Å². The summed E-state index contributed by atoms with van der Waals surface area (Å²) in [7, 11) is 0. The van der Waals surface area contributed by atoms with Crippen LogP contribution < -0.4 is 0 Å². The molecule has 0 aliphatic heterocycles. The smallest absolute Gasteiger partial charge is 0.0460 e. The van der Waals surface area contributed by atoms with Crippen LogP contribution in [0.3, 0.4) is 0 Å². The molecular weight excluding hydrogens is 186 g/mol. The van der Waals surface area contributed by atoms with Gasteiger partial charge in [0.15, 0.2) is 0 Å². The molecule has 0 fully saturated rings. The number of aliphatic hydroxyl groups excluding tert-OH is 1. The zero-order valence-corrected chi connectivity index (χ0v) is 10.3. The van der Waals surface area contributed by atoms with Crippen LogP contribution in [0.5, 0.6) is 0 Å². The van der Waals surface area contributed by atoms with E-state index in [2.05, 4.69) is 32.7 Å². The lowest BCUT2D eigenvalue weighted by Crippen LogP contribution is -2.20. The Morgan fingerprint density at radius 1 is 1.27 bits per heavy atom. The number of hydrogen-bond donors (Lipinski definition) is 1. The lowest BCUT2D eigenvalue weighted by molar-refractivity contribution is 0.250. The van der Waals surface area contributed by atoms with Gasteiger partial charge in [-0.15, -0.1) is 0 Å². The molecule has 0 atom stereocenters. The number of aromatic nitrogens is 1. The minimum atomic E-state index is -0.0178. The molecule has 0 aliphatic rings. The van der Waals surface area contributed by atoms with Crippen LogP contribution >= 0.6 is 0 Å². The fourth-order valence-electron chi connectivity index (χ4n) is 1.17. The monoisotopic (exact) mass is 209 g/mol. The fourth-order valence-corrected chi connectivity index (χ4v) is 1.17. The summed E-state index contributed by atoms with van der Waals surface area (Å²) in [4.78, 5) is 4.26. The van der Waals surface area contributed by atoms with E-state index >= 15 is 0 Å². The third-order valence-electron chi connectivity index (χ3n) is 2.10. The van der Waals surface area contributed by atoms with E-state index < -0.39 is 0 Å². The molecule has 1 aromatic heterocycles. The van der Waals surface area contributed by atoms with Crippen molar-refractivity contribution in [3.8, 4) is 0 Å². The Bertz CT molecular complexity index is 244. The van der Waals surface area contributed by atoms with Crippen LogP contribution in [0.2, 0.25) is 0 Å². The van der Waals surface area contributed by atoms with Gasteiger partial charge in [0, 0.05) is 23.9 Å². The Kier molecular flexibility index (Phi) is 6.97. The maximum atomic E-state index is 8.84. The summed E-state index contributed by atoms with van der Waals surface area (Å²) < 4.78 is 0. The largest absolute Gasteiger partial charge is 0.396 e. The van der Waals surface area contributed by atoms with E-state index in [4.69, 9.17) is 5.11 Å². The maximum absolute atomic E-state index is 8.84. The first-order valence-corrected chi connectivity index (χ1v) is 5.60. The molecule has 0 aromatic carbocycles. The number of rotatable bonds is 3. The first-order chi connectivity index (χ1) is 7.08. The van der Waals surface area contributed by atoms with Gasteiger partial charge in [-0.3, -0.25) is 4.98 Å². The van der Waals surface area contributed by atoms with Crippen molar-refractivity contribution in [2.75, 3.05) is 6.61 Å². The molecular formula is C13H23NO. The van der Waals surface area contributed by atoms with E-state index in [1.165, 1.54) is 6.42 Å². The van der Waals surface area contributed by atoms with Crippen LogP contribution in [-0.2, 0) is 5.41 Å². The van der Waals surface area contributed by atoms with Gasteiger partial charge >= 0.3 is 0 Å². The second-order valence-electron chi connectivity index (χ2n) is 4.28. The quantitative estimate of drug-likeness (QED) is 0.829. The van der Waals surface area contributed by atoms with Gasteiger partial charge < -0.3 is 5.11 Å². The molecule has 2 nitrogen and oxygen atoms in total. The van der Waals surface area contributed by atoms with Gasteiger partial charge in [0.2, 0.25) is 0 Å². The third-order valence-corrected chi connectivity index (χ3v) is 2.10. The summed E-state index contributed by atoms with van der Waals surface area (Å²) >= 11 is 0. The van der Waals surface area contributed by atoms with Crippen molar-refractivity contribution in [1.29, 1.82) is 0 Å². The highest BCUT2D eigenvalue weighted by Gasteiger charge is 2.20. The van der Waals surface area contributed by atoms with Gasteiger partial charge in [-0.1, -0.05) is 40.2 Å². The van der Waals surface area contributed by atoms with Crippen LogP contribution in [0.25, 0.3) is 0 Å². The molecule has 0 amide bonds. The molecule has 1 rings (SSSR count). The summed E-state index contributed by atoms with van der Waals surface area (Å²) in [6, 6.07) is 5.87. The highest BCUT2D eigenvalue weighted by atomic mass is 16.3. The Labute approximate surface area is 93.4 Å². The Morgan fingerprint density at radius 2 is 1.87 bits per heavy atom. The zero-order chi connectivity index (χ0) is 11.7. The standard InChI is InChI=1S/C10H15NO.C3H8/c1-10(2,6-8-12)9-5-3-4-7-11-9;1-3-2/h3-5,7,12H,6,8H2,1-2H3;3H2,1-2H3. The molecule has 0 aliphatic carbocycles. The van der Waals surface area contributed by atoms with E-state index in [0.29, 0.717) is 0 Å². The summed E-state index contributed by atoms with van der Waals surface area (Å²) in [6.45, 7) is 8.64. The van der Waals surface area contributed by atoms with Gasteiger partial charge in [-0.25, -0.2) is 0 Å². The first kappa shape index (κ1) is 14.1. The molecule has 15 heavy (non-hydrogen) atoms. The highest BCUT2D eigenvalue weighted by Crippen LogP contribution is 2.23. The number of hydrogen-bond acceptors (Lipinski definition) is 2. The molecule has 2 heteroatoms. The number of nitrogens with zero attached hydrogens (tertiary/aromatic N) is 1. The average Bonchev–Trinajstić information content (AvgIpc) is 2.20. The Balaban J connectivity index is 0.000000583. The van der Waals surface area contributed by atoms with E-state index in [9.17, 15) is 0 Å². The Hall–Kier alpha value is -0.890. The molecule has 1 N–H and O–H groups in total. The van der Waals surface area contributed by atoms with Crippen LogP contribution in [0.15, 0.2) is 24.4 Å². The maximum Gasteiger partial charge on any atom is 0.0460 e. The second-order valence-corrected chi connectivity index (χ2v) is 4.28. The molecule has 86 valence electrons. The van der Waals surface area contributed by atoms with Crippen molar-refractivity contribution in [1.82, 2.24) is 4.98 Å². The second kappa shape index (κ2) is 7.41. The van der Waals surface area contributed by atoms with Crippen LogP contribution in [0, 0.1) is 0 Å². The van der Waals surface area contributed by atoms with Gasteiger partial charge in [-0.2, -0.15) is 0 Å². The topological polar surface area (TPSA) is 33.1 Å². The predicted octanol–water partition coefficient (Wildman–Crippen LogP) is 3.16. The average molecular weight is 209 g/mol. The molecule has 0 bridgehead atoms. The molecule has 0 radical (unpaired) electrons. The number of pyridine rings is 1. The summed E-state index contributed by atoms with van der Waals surface area (Å²) in [5.74, 6) is 0. The molecule has 0 saturated carbocycles. The minimum Gasteiger partial charge on any atom is -0.396 e. The lowest BCUT2D eigenvalue weighted by Gasteiger charge is -2.22. The Morgan fingerprint density at radius 3 is 2.27 bits per heavy atom. The summed E-state index contributed by atoms with van der Waals surface area (Å²) in [6.07, 6.45) is 3.79. The van der Waals surface area contributed by atoms with Gasteiger partial charge in [0.05, 0.1) is 0 Å². The molecule has 0 unspecified atom stereocenters. The predicted molar refractivity (Wildman–Crippen MR) is 64.9 cm³/mol. The molecule has 0 spiro atoms. The van der Waals surface area contributed by atoms with Crippen molar-refractivity contribution in [3.63, 3.8) is 0 Å². The van der Waals surface area contributed by atoms with Crippen molar-refractivity contribution in [2.24, 2.45) is 0 Å². The van der Waals surface area contributed by atoms with Crippen LogP contribution in [0.4, 0.5) is 0 Å². The van der Waals surface area contributed by atoms with Crippen molar-refractivity contribution < 1.29 is 5.11 Å². The van der Waals surface area contributed by atoms with Crippen LogP contribution in [-0.4, -0.2) is 16.7 Å². The van der Waals surface area contributed by atoms with Crippen molar-refractivity contribution in [2.45, 2.75) is 46.0 Å². The third kappa shape index (κ3) is 5.53. The first-order valence-electron chi connectivity index (χ1n) is 5.60. The van der Waals surface area contributed by atoms with E-state index in [1.807, 2.05) is 18.2 Å². The molecule has 0 saturated heterocycles. The fraction of sp³-hybridized carbons (Fsp3) is 0.615. The normalized spacial score (nSPS) is 10.5. The zero-order valence-electron chi connectivity index (χ0n) is 10.3. The van der Waals surface area contributed by atoms with Crippen LogP contribution in [0.1, 0.15) is 46.2 Å². The van der Waals surface area contributed by atoms with Gasteiger partial charge in [0.25, 0.3) is 0 Å². The summed E-state index contributed by atoms with van der Waals surface area (Å²) in [5.41, 5.74) is 1.02. The molecule has 1 heterocycles. The lowest BCUT2D eigenvalue weighted by atomic mass is 9.85. The summed E-state index contributed by atoms with van der Waals surface area (Å²) in [5, 5.41) is 8.84. The minimum absolute atomic E-state index is 0.0178. The number of aliphatic hydroxyl groups is 1. The SMILES string of the molecule is CC(C)(CCO)c1ccccn1.CCC. The van der Waals surface area contributed by atoms with Crippen molar-refractivity contribution >= 4 is 0 Å².